The fourth-order valence-electron chi connectivity index (χ4n) is 2.86. The van der Waals surface area contributed by atoms with Gasteiger partial charge in [-0.15, -0.1) is 0 Å². The number of carbonyl (C=O) groups is 1. The van der Waals surface area contributed by atoms with Gasteiger partial charge in [0.2, 0.25) is 0 Å². The van der Waals surface area contributed by atoms with E-state index in [2.05, 4.69) is 31.7 Å². The number of H-pyrrole nitrogens is 1. The number of aromatic amines is 1. The number of fused-ring (bicyclic) bond motifs is 1. The van der Waals surface area contributed by atoms with Crippen LogP contribution in [0.25, 0.3) is 11.0 Å². The summed E-state index contributed by atoms with van der Waals surface area (Å²) in [5, 5.41) is 23.8. The van der Waals surface area contributed by atoms with Gasteiger partial charge in [0.1, 0.15) is 22.9 Å². The number of carbonyl (C=O) groups excluding carboxylic acids is 1. The van der Waals surface area contributed by atoms with Crippen LogP contribution in [0.1, 0.15) is 40.4 Å². The topological polar surface area (TPSA) is 122 Å². The third-order valence-corrected chi connectivity index (χ3v) is 4.29. The summed E-state index contributed by atoms with van der Waals surface area (Å²) in [6.07, 6.45) is 5.08. The second-order valence-electron chi connectivity index (χ2n) is 5.91. The van der Waals surface area contributed by atoms with Gasteiger partial charge in [-0.2, -0.15) is 15.5 Å². The number of anilines is 1. The second-order valence-corrected chi connectivity index (χ2v) is 5.91. The molecule has 0 unspecified atom stereocenters. The second kappa shape index (κ2) is 5.59. The maximum atomic E-state index is 12.7. The fraction of sp³-hybridized carbons (Fsp3) is 0.312. The lowest BCUT2D eigenvalue weighted by molar-refractivity contribution is 0.102. The number of aryl methyl sites for hydroxylation is 1. The van der Waals surface area contributed by atoms with E-state index in [-0.39, 0.29) is 11.4 Å². The standard InChI is InChI=1S/C16H15N7O2/c1-23-15-10(7-19-23)13(25-2)11(6-18-15)16(24)20-14-9(5-17)12(21-22-14)8-3-4-8/h6-8H,3-4H2,1-2H3,(H2,20,21,22,24). The van der Waals surface area contributed by atoms with Crippen LogP contribution in [0, 0.1) is 11.3 Å². The van der Waals surface area contributed by atoms with Crippen molar-refractivity contribution in [2.45, 2.75) is 18.8 Å². The summed E-state index contributed by atoms with van der Waals surface area (Å²) in [5.74, 6) is 0.492. The van der Waals surface area contributed by atoms with E-state index in [1.165, 1.54) is 13.3 Å². The number of nitrogens with one attached hydrogen (secondary N) is 2. The molecule has 1 fully saturated rings. The predicted octanol–water partition coefficient (Wildman–Crippen LogP) is 1.70. The minimum absolute atomic E-state index is 0.225. The van der Waals surface area contributed by atoms with Crippen LogP contribution >= 0.6 is 0 Å². The van der Waals surface area contributed by atoms with Crippen LogP contribution in [0.2, 0.25) is 0 Å². The third kappa shape index (κ3) is 2.39. The Bertz CT molecular complexity index is 1020. The molecule has 0 radical (unpaired) electrons. The summed E-state index contributed by atoms with van der Waals surface area (Å²) in [4.78, 5) is 16.9. The molecule has 25 heavy (non-hydrogen) atoms. The SMILES string of the molecule is COc1c(C(=O)Nc2n[nH]c(C3CC3)c2C#N)cnc2c1cnn2C. The number of methoxy groups -OCH3 is 1. The van der Waals surface area contributed by atoms with Crippen LogP contribution in [0.3, 0.4) is 0 Å². The van der Waals surface area contributed by atoms with Crippen LogP contribution in [0.15, 0.2) is 12.4 Å². The monoisotopic (exact) mass is 337 g/mol. The molecule has 1 saturated carbocycles. The van der Waals surface area contributed by atoms with Crippen molar-refractivity contribution >= 4 is 22.8 Å². The number of nitriles is 1. The fourth-order valence-corrected chi connectivity index (χ4v) is 2.86. The van der Waals surface area contributed by atoms with Gasteiger partial charge in [-0.05, 0) is 12.8 Å². The van der Waals surface area contributed by atoms with E-state index in [0.717, 1.165) is 18.5 Å². The summed E-state index contributed by atoms with van der Waals surface area (Å²) < 4.78 is 6.99. The van der Waals surface area contributed by atoms with Crippen LogP contribution in [-0.2, 0) is 7.05 Å². The molecule has 9 nitrogen and oxygen atoms in total. The molecule has 1 amide bonds. The van der Waals surface area contributed by atoms with E-state index in [0.29, 0.717) is 28.3 Å². The number of ether oxygens (including phenoxy) is 1. The average Bonchev–Trinajstić information content (AvgIpc) is 3.29. The third-order valence-electron chi connectivity index (χ3n) is 4.29. The van der Waals surface area contributed by atoms with Crippen LogP contribution in [0.5, 0.6) is 5.75 Å². The molecule has 1 aliphatic rings. The van der Waals surface area contributed by atoms with E-state index in [1.807, 2.05) is 0 Å². The van der Waals surface area contributed by atoms with Gasteiger partial charge < -0.3 is 10.1 Å². The Hall–Kier alpha value is -3.41. The Kier molecular flexibility index (Phi) is 3.39. The molecular weight excluding hydrogens is 322 g/mol. The van der Waals surface area contributed by atoms with Crippen molar-refractivity contribution in [3.63, 3.8) is 0 Å². The first-order chi connectivity index (χ1) is 12.1. The summed E-state index contributed by atoms with van der Waals surface area (Å²) in [6, 6.07) is 2.12. The van der Waals surface area contributed by atoms with Crippen LogP contribution in [-0.4, -0.2) is 38.0 Å². The Morgan fingerprint density at radius 3 is 2.96 bits per heavy atom. The van der Waals surface area contributed by atoms with Gasteiger partial charge in [-0.25, -0.2) is 4.98 Å². The number of rotatable bonds is 4. The summed E-state index contributed by atoms with van der Waals surface area (Å²) >= 11 is 0. The van der Waals surface area contributed by atoms with Crippen molar-refractivity contribution in [1.82, 2.24) is 25.0 Å². The van der Waals surface area contributed by atoms with Crippen LogP contribution < -0.4 is 10.1 Å². The average molecular weight is 337 g/mol. The molecule has 126 valence electrons. The van der Waals surface area contributed by atoms with Gasteiger partial charge in [-0.3, -0.25) is 14.6 Å². The van der Waals surface area contributed by atoms with Gasteiger partial charge in [0.15, 0.2) is 11.5 Å². The van der Waals surface area contributed by atoms with Crippen LogP contribution in [0.4, 0.5) is 5.82 Å². The van der Waals surface area contributed by atoms with Gasteiger partial charge in [0, 0.05) is 19.2 Å². The number of hydrogen-bond acceptors (Lipinski definition) is 6. The van der Waals surface area contributed by atoms with E-state index in [1.54, 1.807) is 17.9 Å². The van der Waals surface area contributed by atoms with Crippen molar-refractivity contribution < 1.29 is 9.53 Å². The van der Waals surface area contributed by atoms with Crippen molar-refractivity contribution in [3.05, 3.63) is 29.2 Å². The predicted molar refractivity (Wildman–Crippen MR) is 88.3 cm³/mol. The Balaban J connectivity index is 1.70. The Morgan fingerprint density at radius 2 is 2.28 bits per heavy atom. The van der Waals surface area contributed by atoms with Gasteiger partial charge in [-0.1, -0.05) is 0 Å². The Labute approximate surface area is 142 Å². The zero-order chi connectivity index (χ0) is 17.6. The first-order valence-corrected chi connectivity index (χ1v) is 7.78. The molecule has 3 heterocycles. The number of nitrogens with zero attached hydrogens (tertiary/aromatic N) is 5. The molecule has 4 rings (SSSR count). The maximum absolute atomic E-state index is 12.7. The summed E-state index contributed by atoms with van der Waals surface area (Å²) in [5.41, 5.74) is 2.03. The Morgan fingerprint density at radius 1 is 1.48 bits per heavy atom. The molecular formula is C16H15N7O2. The molecule has 3 aromatic rings. The minimum atomic E-state index is -0.444. The zero-order valence-electron chi connectivity index (χ0n) is 13.7. The normalized spacial score (nSPS) is 13.6. The largest absolute Gasteiger partial charge is 0.495 e. The lowest BCUT2D eigenvalue weighted by atomic mass is 10.1. The maximum Gasteiger partial charge on any atom is 0.262 e. The molecule has 9 heteroatoms. The van der Waals surface area contributed by atoms with E-state index < -0.39 is 5.91 Å². The molecule has 1 aliphatic carbocycles. The molecule has 0 aromatic carbocycles. The van der Waals surface area contributed by atoms with E-state index >= 15 is 0 Å². The highest BCUT2D eigenvalue weighted by Crippen LogP contribution is 2.41. The molecule has 0 atom stereocenters. The first kappa shape index (κ1) is 15.1. The number of aromatic nitrogens is 5. The van der Waals surface area contributed by atoms with Crippen molar-refractivity contribution in [2.75, 3.05) is 12.4 Å². The van der Waals surface area contributed by atoms with Crippen molar-refractivity contribution in [2.24, 2.45) is 7.05 Å². The quantitative estimate of drug-likeness (QED) is 0.747. The molecule has 2 N–H and O–H groups in total. The smallest absolute Gasteiger partial charge is 0.262 e. The zero-order valence-corrected chi connectivity index (χ0v) is 13.7. The first-order valence-electron chi connectivity index (χ1n) is 7.78. The van der Waals surface area contributed by atoms with Gasteiger partial charge in [0.05, 0.1) is 24.4 Å². The molecule has 0 bridgehead atoms. The highest BCUT2D eigenvalue weighted by Gasteiger charge is 2.30. The summed E-state index contributed by atoms with van der Waals surface area (Å²) in [7, 11) is 3.25. The highest BCUT2D eigenvalue weighted by atomic mass is 16.5. The number of pyridine rings is 1. The molecule has 0 saturated heterocycles. The van der Waals surface area contributed by atoms with Crippen molar-refractivity contribution in [1.29, 1.82) is 5.26 Å². The summed E-state index contributed by atoms with van der Waals surface area (Å²) in [6.45, 7) is 0. The lowest BCUT2D eigenvalue weighted by Gasteiger charge is -2.09. The van der Waals surface area contributed by atoms with Gasteiger partial charge in [0.25, 0.3) is 5.91 Å². The molecule has 0 aliphatic heterocycles. The van der Waals surface area contributed by atoms with E-state index in [4.69, 9.17) is 4.74 Å². The minimum Gasteiger partial charge on any atom is -0.495 e. The number of amides is 1. The molecule has 3 aromatic heterocycles. The molecule has 0 spiro atoms. The number of hydrogen-bond donors (Lipinski definition) is 2. The van der Waals surface area contributed by atoms with E-state index in [9.17, 15) is 10.1 Å². The van der Waals surface area contributed by atoms with Gasteiger partial charge >= 0.3 is 0 Å². The lowest BCUT2D eigenvalue weighted by Crippen LogP contribution is -2.15. The van der Waals surface area contributed by atoms with Crippen molar-refractivity contribution in [3.8, 4) is 11.8 Å². The highest BCUT2D eigenvalue weighted by molar-refractivity contribution is 6.09.